The van der Waals surface area contributed by atoms with E-state index in [-0.39, 0.29) is 18.4 Å². The van der Waals surface area contributed by atoms with Gasteiger partial charge in [-0.1, -0.05) is 18.2 Å². The minimum atomic E-state index is -0.321. The maximum Gasteiger partial charge on any atom is 0.262 e. The molecule has 5 rings (SSSR count). The number of aromatic nitrogens is 5. The average molecular weight is 480 g/mol. The molecule has 5 aromatic rings. The highest BCUT2D eigenvalue weighted by atomic mass is 16.5. The highest BCUT2D eigenvalue weighted by molar-refractivity contribution is 5.92. The Morgan fingerprint density at radius 3 is 2.50 bits per heavy atom. The topological polar surface area (TPSA) is 123 Å². The van der Waals surface area contributed by atoms with Crippen LogP contribution in [0.25, 0.3) is 28.3 Å². The molecule has 0 aliphatic rings. The van der Waals surface area contributed by atoms with Gasteiger partial charge in [-0.2, -0.15) is 9.61 Å². The van der Waals surface area contributed by atoms with E-state index in [4.69, 9.17) is 9.84 Å². The number of rotatable bonds is 7. The molecule has 0 saturated carbocycles. The van der Waals surface area contributed by atoms with Gasteiger partial charge >= 0.3 is 0 Å². The minimum absolute atomic E-state index is 0.184. The molecule has 0 radical (unpaired) electrons. The Bertz CT molecular complexity index is 1550. The van der Waals surface area contributed by atoms with Crippen LogP contribution in [-0.4, -0.2) is 43.2 Å². The summed E-state index contributed by atoms with van der Waals surface area (Å²) in [6.45, 7) is 1.24. The first-order valence-electron chi connectivity index (χ1n) is 11.1. The molecule has 0 aliphatic heterocycles. The van der Waals surface area contributed by atoms with E-state index in [0.717, 1.165) is 11.1 Å². The van der Waals surface area contributed by atoms with Gasteiger partial charge in [0.2, 0.25) is 5.91 Å². The van der Waals surface area contributed by atoms with E-state index in [1.165, 1.54) is 6.92 Å². The van der Waals surface area contributed by atoms with Gasteiger partial charge in [-0.3, -0.25) is 14.6 Å². The Morgan fingerprint density at radius 2 is 1.69 bits per heavy atom. The summed E-state index contributed by atoms with van der Waals surface area (Å²) in [7, 11) is 0. The smallest absolute Gasteiger partial charge is 0.262 e. The van der Waals surface area contributed by atoms with Crippen molar-refractivity contribution in [2.45, 2.75) is 6.92 Å². The summed E-state index contributed by atoms with van der Waals surface area (Å²) in [5.74, 6) is 0.555. The zero-order valence-corrected chi connectivity index (χ0v) is 19.3. The average Bonchev–Trinajstić information content (AvgIpc) is 3.31. The summed E-state index contributed by atoms with van der Waals surface area (Å²) in [6, 6.07) is 21.6. The van der Waals surface area contributed by atoms with Crippen LogP contribution in [0.4, 0.5) is 11.4 Å². The number of ether oxygens (including phenoxy) is 1. The standard InChI is InChI=1S/C26H21N7O3/c1-17(34)28-21-8-3-9-22(14-21)36-16-25(35)29-20-7-2-5-18(13-20)23-10-11-24-30-31-26(33(24)32-23)19-6-4-12-27-15-19/h2-15H,16H2,1H3,(H,28,34)(H,29,35). The fraction of sp³-hybridized carbons (Fsp3) is 0.0769. The second kappa shape index (κ2) is 10.0. The van der Waals surface area contributed by atoms with Crippen molar-refractivity contribution in [3.63, 3.8) is 0 Å². The molecule has 0 unspecified atom stereocenters. The van der Waals surface area contributed by atoms with E-state index in [2.05, 4.69) is 25.8 Å². The second-order valence-electron chi connectivity index (χ2n) is 7.88. The lowest BCUT2D eigenvalue weighted by molar-refractivity contribution is -0.118. The van der Waals surface area contributed by atoms with Gasteiger partial charge < -0.3 is 15.4 Å². The van der Waals surface area contributed by atoms with E-state index < -0.39 is 0 Å². The molecule has 3 aromatic heterocycles. The molecule has 178 valence electrons. The van der Waals surface area contributed by atoms with Gasteiger partial charge in [0.05, 0.1) is 5.69 Å². The van der Waals surface area contributed by atoms with E-state index in [1.807, 2.05) is 42.5 Å². The molecule has 0 aliphatic carbocycles. The Balaban J connectivity index is 1.30. The van der Waals surface area contributed by atoms with Crippen LogP contribution in [0.5, 0.6) is 5.75 Å². The van der Waals surface area contributed by atoms with Crippen LogP contribution in [0.1, 0.15) is 6.92 Å². The van der Waals surface area contributed by atoms with Gasteiger partial charge in [-0.05, 0) is 48.5 Å². The van der Waals surface area contributed by atoms with Gasteiger partial charge in [0.1, 0.15) is 5.75 Å². The lowest BCUT2D eigenvalue weighted by Gasteiger charge is -2.10. The number of hydrogen-bond acceptors (Lipinski definition) is 7. The van der Waals surface area contributed by atoms with Crippen LogP contribution in [0.15, 0.2) is 85.2 Å². The predicted molar refractivity (Wildman–Crippen MR) is 134 cm³/mol. The highest BCUT2D eigenvalue weighted by Gasteiger charge is 2.12. The molecular weight excluding hydrogens is 458 g/mol. The largest absolute Gasteiger partial charge is 0.484 e. The lowest BCUT2D eigenvalue weighted by atomic mass is 10.1. The van der Waals surface area contributed by atoms with Gasteiger partial charge in [0.25, 0.3) is 5.91 Å². The third-order valence-electron chi connectivity index (χ3n) is 5.15. The summed E-state index contributed by atoms with van der Waals surface area (Å²) in [5, 5.41) is 18.6. The molecule has 10 heteroatoms. The molecule has 36 heavy (non-hydrogen) atoms. The molecule has 2 aromatic carbocycles. The van der Waals surface area contributed by atoms with Crippen LogP contribution < -0.4 is 15.4 Å². The fourth-order valence-electron chi connectivity index (χ4n) is 3.59. The highest BCUT2D eigenvalue weighted by Crippen LogP contribution is 2.23. The molecule has 0 saturated heterocycles. The minimum Gasteiger partial charge on any atom is -0.484 e. The van der Waals surface area contributed by atoms with Gasteiger partial charge in [-0.15, -0.1) is 10.2 Å². The summed E-state index contributed by atoms with van der Waals surface area (Å²) in [5.41, 5.74) is 4.11. The van der Waals surface area contributed by atoms with Crippen molar-refractivity contribution in [2.24, 2.45) is 0 Å². The maximum atomic E-state index is 12.5. The first kappa shape index (κ1) is 22.7. The van der Waals surface area contributed by atoms with Crippen LogP contribution in [0, 0.1) is 0 Å². The summed E-state index contributed by atoms with van der Waals surface area (Å²) >= 11 is 0. The van der Waals surface area contributed by atoms with Crippen LogP contribution >= 0.6 is 0 Å². The third kappa shape index (κ3) is 5.17. The number of hydrogen-bond donors (Lipinski definition) is 2. The number of carbonyl (C=O) groups is 2. The van der Waals surface area contributed by atoms with Crippen molar-refractivity contribution in [1.82, 2.24) is 24.8 Å². The number of benzene rings is 2. The third-order valence-corrected chi connectivity index (χ3v) is 5.15. The molecule has 0 spiro atoms. The zero-order chi connectivity index (χ0) is 24.9. The van der Waals surface area contributed by atoms with Crippen molar-refractivity contribution in [1.29, 1.82) is 0 Å². The number of anilines is 2. The number of pyridine rings is 1. The van der Waals surface area contributed by atoms with Gasteiger partial charge in [0.15, 0.2) is 18.1 Å². The molecular formula is C26H21N7O3. The molecule has 3 heterocycles. The first-order chi connectivity index (χ1) is 17.5. The number of nitrogens with one attached hydrogen (secondary N) is 2. The maximum absolute atomic E-state index is 12.5. The van der Waals surface area contributed by atoms with E-state index in [9.17, 15) is 9.59 Å². The lowest BCUT2D eigenvalue weighted by Crippen LogP contribution is -2.20. The Hall–Kier alpha value is -5.12. The Morgan fingerprint density at radius 1 is 0.889 bits per heavy atom. The predicted octanol–water partition coefficient (Wildman–Crippen LogP) is 3.83. The van der Waals surface area contributed by atoms with Crippen molar-refractivity contribution in [3.05, 3.63) is 85.2 Å². The number of carbonyl (C=O) groups excluding carboxylic acids is 2. The van der Waals surface area contributed by atoms with Crippen molar-refractivity contribution >= 4 is 28.8 Å². The zero-order valence-electron chi connectivity index (χ0n) is 19.3. The summed E-state index contributed by atoms with van der Waals surface area (Å²) in [6.07, 6.45) is 3.40. The van der Waals surface area contributed by atoms with Crippen molar-refractivity contribution < 1.29 is 14.3 Å². The van der Waals surface area contributed by atoms with E-state index >= 15 is 0 Å². The quantitative estimate of drug-likeness (QED) is 0.364. The van der Waals surface area contributed by atoms with Crippen LogP contribution in [-0.2, 0) is 9.59 Å². The molecule has 10 nitrogen and oxygen atoms in total. The van der Waals surface area contributed by atoms with Gasteiger partial charge in [-0.25, -0.2) is 0 Å². The SMILES string of the molecule is CC(=O)Nc1cccc(OCC(=O)Nc2cccc(-c3ccc4nnc(-c5cccnc5)n4n3)c2)c1. The normalized spacial score (nSPS) is 10.7. The van der Waals surface area contributed by atoms with Crippen molar-refractivity contribution in [2.75, 3.05) is 17.2 Å². The second-order valence-corrected chi connectivity index (χ2v) is 7.88. The number of amides is 2. The van der Waals surface area contributed by atoms with E-state index in [0.29, 0.717) is 34.3 Å². The molecule has 2 amide bonds. The fourth-order valence-corrected chi connectivity index (χ4v) is 3.59. The molecule has 0 fully saturated rings. The van der Waals surface area contributed by atoms with E-state index in [1.54, 1.807) is 47.2 Å². The Kier molecular flexibility index (Phi) is 6.31. The number of nitrogens with zero attached hydrogens (tertiary/aromatic N) is 5. The van der Waals surface area contributed by atoms with Crippen molar-refractivity contribution in [3.8, 4) is 28.4 Å². The summed E-state index contributed by atoms with van der Waals surface area (Å²) in [4.78, 5) is 27.9. The van der Waals surface area contributed by atoms with Crippen LogP contribution in [0.3, 0.4) is 0 Å². The molecule has 2 N–H and O–H groups in total. The monoisotopic (exact) mass is 479 g/mol. The first-order valence-corrected chi connectivity index (χ1v) is 11.1. The molecule has 0 atom stereocenters. The number of fused-ring (bicyclic) bond motifs is 1. The van der Waals surface area contributed by atoms with Crippen LogP contribution in [0.2, 0.25) is 0 Å². The molecule has 0 bridgehead atoms. The summed E-state index contributed by atoms with van der Waals surface area (Å²) < 4.78 is 7.24. The Labute approximate surface area is 206 Å². The van der Waals surface area contributed by atoms with Gasteiger partial charge in [0, 0.05) is 47.9 Å².